The van der Waals surface area contributed by atoms with Crippen molar-refractivity contribution in [1.29, 1.82) is 0 Å². The van der Waals surface area contributed by atoms with E-state index in [4.69, 9.17) is 14.9 Å². The van der Waals surface area contributed by atoms with E-state index in [0.717, 1.165) is 27.9 Å². The second kappa shape index (κ2) is 13.2. The summed E-state index contributed by atoms with van der Waals surface area (Å²) >= 11 is 0. The molecule has 0 fully saturated rings. The van der Waals surface area contributed by atoms with Crippen LogP contribution in [0.4, 0.5) is 4.79 Å². The number of H-pyrrole nitrogens is 1. The number of rotatable bonds is 10. The maximum absolute atomic E-state index is 13.3. The lowest BCUT2D eigenvalue weighted by Gasteiger charge is -2.26. The van der Waals surface area contributed by atoms with E-state index in [0.29, 0.717) is 25.2 Å². The van der Waals surface area contributed by atoms with E-state index < -0.39 is 17.7 Å². The van der Waals surface area contributed by atoms with Crippen molar-refractivity contribution in [3.05, 3.63) is 155 Å². The van der Waals surface area contributed by atoms with Crippen molar-refractivity contribution < 1.29 is 9.53 Å². The molecule has 0 bridgehead atoms. The number of nitrogens with one attached hydrogen (secondary N) is 2. The molecule has 2 heterocycles. The number of hydrogen-bond acceptors (Lipinski definition) is 4. The topological polar surface area (TPSA) is 84.8 Å². The van der Waals surface area contributed by atoms with Gasteiger partial charge < -0.3 is 19.6 Å². The molecule has 2 N–H and O–H groups in total. The van der Waals surface area contributed by atoms with Gasteiger partial charge in [-0.1, -0.05) is 109 Å². The van der Waals surface area contributed by atoms with E-state index in [2.05, 4.69) is 87.7 Å². The van der Waals surface area contributed by atoms with Gasteiger partial charge in [0, 0.05) is 42.4 Å². The Morgan fingerprint density at radius 2 is 1.42 bits per heavy atom. The first-order valence-corrected chi connectivity index (χ1v) is 15.4. The smallest absolute Gasteiger partial charge is 0.408 e. The van der Waals surface area contributed by atoms with Gasteiger partial charge in [-0.3, -0.25) is 0 Å². The van der Waals surface area contributed by atoms with Gasteiger partial charge in [0.05, 0.1) is 6.04 Å². The zero-order valence-corrected chi connectivity index (χ0v) is 26.0. The number of fused-ring (bicyclic) bond motifs is 1. The summed E-state index contributed by atoms with van der Waals surface area (Å²) in [6.07, 6.45) is 2.63. The number of alkyl carbamates (subject to hydrolysis) is 1. The number of aromatic nitrogens is 4. The minimum absolute atomic E-state index is 0.0342. The molecule has 0 radical (unpaired) electrons. The summed E-state index contributed by atoms with van der Waals surface area (Å²) in [5.41, 5.74) is 5.01. The second-order valence-corrected chi connectivity index (χ2v) is 12.4. The summed E-state index contributed by atoms with van der Waals surface area (Å²) in [5, 5.41) is 13.8. The average molecular weight is 598 g/mol. The molecule has 0 unspecified atom stereocenters. The van der Waals surface area contributed by atoms with Crippen LogP contribution in [0, 0.1) is 0 Å². The third kappa shape index (κ3) is 7.32. The van der Waals surface area contributed by atoms with E-state index in [1.54, 1.807) is 0 Å². The fraction of sp³-hybridized carbons (Fsp3) is 0.237. The van der Waals surface area contributed by atoms with Gasteiger partial charge in [0.1, 0.15) is 11.4 Å². The maximum atomic E-state index is 13.3. The Hall–Kier alpha value is -5.17. The molecule has 0 aliphatic rings. The summed E-state index contributed by atoms with van der Waals surface area (Å²) in [4.78, 5) is 16.7. The van der Waals surface area contributed by atoms with E-state index in [1.165, 1.54) is 11.1 Å². The van der Waals surface area contributed by atoms with Crippen LogP contribution >= 0.6 is 0 Å². The molecule has 0 aliphatic heterocycles. The number of amides is 1. The Balaban J connectivity index is 1.45. The van der Waals surface area contributed by atoms with Crippen molar-refractivity contribution in [3.63, 3.8) is 0 Å². The van der Waals surface area contributed by atoms with E-state index in [1.807, 2.05) is 69.4 Å². The van der Waals surface area contributed by atoms with E-state index in [-0.39, 0.29) is 5.92 Å². The Morgan fingerprint density at radius 1 is 0.822 bits per heavy atom. The predicted octanol–water partition coefficient (Wildman–Crippen LogP) is 7.99. The molecule has 0 saturated carbocycles. The highest BCUT2D eigenvalue weighted by atomic mass is 16.6. The molecule has 7 nitrogen and oxygen atoms in total. The lowest BCUT2D eigenvalue weighted by atomic mass is 9.91. The minimum Gasteiger partial charge on any atom is -0.444 e. The monoisotopic (exact) mass is 597 g/mol. The third-order valence-electron chi connectivity index (χ3n) is 7.93. The van der Waals surface area contributed by atoms with E-state index in [9.17, 15) is 4.79 Å². The number of carbonyl (C=O) groups is 1. The summed E-state index contributed by atoms with van der Waals surface area (Å²) < 4.78 is 7.95. The zero-order valence-electron chi connectivity index (χ0n) is 26.0. The van der Waals surface area contributed by atoms with Gasteiger partial charge in [-0.25, -0.2) is 4.79 Å². The van der Waals surface area contributed by atoms with Crippen LogP contribution < -0.4 is 5.32 Å². The molecular weight excluding hydrogens is 558 g/mol. The molecule has 1 amide bonds. The van der Waals surface area contributed by atoms with Gasteiger partial charge in [-0.2, -0.15) is 0 Å². The first-order chi connectivity index (χ1) is 21.8. The van der Waals surface area contributed by atoms with Crippen molar-refractivity contribution in [3.8, 4) is 0 Å². The van der Waals surface area contributed by atoms with Gasteiger partial charge >= 0.3 is 6.09 Å². The molecule has 228 valence electrons. The van der Waals surface area contributed by atoms with Crippen LogP contribution in [0.3, 0.4) is 0 Å². The van der Waals surface area contributed by atoms with Crippen LogP contribution in [-0.4, -0.2) is 31.4 Å². The number of aromatic amines is 1. The lowest BCUT2D eigenvalue weighted by molar-refractivity contribution is 0.0500. The zero-order chi connectivity index (χ0) is 31.2. The van der Waals surface area contributed by atoms with Gasteiger partial charge in [-0.05, 0) is 49.1 Å². The standard InChI is InChI=1S/C38H39N5O2/c1-38(2,3)45-37(44)40-34(24-30-25-39-33-22-14-13-21-31(30)33)36-42-41-35(23-27-15-7-4-8-16-27)43(36)26-32(28-17-9-5-10-18-28)29-19-11-6-12-20-29/h4-22,25,32,34,39H,23-24,26H2,1-3H3,(H,40,44)/t34-/m1/s1. The van der Waals surface area contributed by atoms with Gasteiger partial charge in [-0.15, -0.1) is 10.2 Å². The largest absolute Gasteiger partial charge is 0.444 e. The highest BCUT2D eigenvalue weighted by Gasteiger charge is 2.29. The Morgan fingerprint density at radius 3 is 2.07 bits per heavy atom. The molecule has 6 rings (SSSR count). The third-order valence-corrected chi connectivity index (χ3v) is 7.93. The normalized spacial score (nSPS) is 12.4. The van der Waals surface area contributed by atoms with Crippen LogP contribution in [0.1, 0.15) is 66.6 Å². The van der Waals surface area contributed by atoms with Crippen LogP contribution in [0.2, 0.25) is 0 Å². The number of benzene rings is 4. The van der Waals surface area contributed by atoms with Gasteiger partial charge in [0.25, 0.3) is 0 Å². The Labute approximate surface area is 264 Å². The number of ether oxygens (including phenoxy) is 1. The molecule has 45 heavy (non-hydrogen) atoms. The fourth-order valence-corrected chi connectivity index (χ4v) is 5.85. The highest BCUT2D eigenvalue weighted by Crippen LogP contribution is 2.31. The first-order valence-electron chi connectivity index (χ1n) is 15.4. The molecule has 4 aromatic carbocycles. The van der Waals surface area contributed by atoms with Crippen molar-refractivity contribution in [1.82, 2.24) is 25.1 Å². The van der Waals surface area contributed by atoms with Crippen LogP contribution in [-0.2, 0) is 24.1 Å². The van der Waals surface area contributed by atoms with Gasteiger partial charge in [0.2, 0.25) is 0 Å². The summed E-state index contributed by atoms with van der Waals surface area (Å²) in [6.45, 7) is 6.20. The number of nitrogens with zero attached hydrogens (tertiary/aromatic N) is 3. The van der Waals surface area contributed by atoms with E-state index >= 15 is 0 Å². The molecule has 0 spiro atoms. The van der Waals surface area contributed by atoms with Crippen LogP contribution in [0.5, 0.6) is 0 Å². The Kier molecular flexibility index (Phi) is 8.78. The predicted molar refractivity (Wildman–Crippen MR) is 178 cm³/mol. The summed E-state index contributed by atoms with van der Waals surface area (Å²) in [5.74, 6) is 1.56. The minimum atomic E-state index is -0.646. The fourth-order valence-electron chi connectivity index (χ4n) is 5.85. The van der Waals surface area contributed by atoms with Crippen molar-refractivity contribution in [2.24, 2.45) is 0 Å². The molecule has 0 aliphatic carbocycles. The molecule has 0 saturated heterocycles. The van der Waals surface area contributed by atoms with Crippen molar-refractivity contribution >= 4 is 17.0 Å². The molecule has 1 atom stereocenters. The van der Waals surface area contributed by atoms with Crippen molar-refractivity contribution in [2.75, 3.05) is 0 Å². The second-order valence-electron chi connectivity index (χ2n) is 12.4. The summed E-state index contributed by atoms with van der Waals surface area (Å²) in [6, 6.07) is 39.1. The molecular formula is C38H39N5O2. The number of hydrogen-bond donors (Lipinski definition) is 2. The Bertz CT molecular complexity index is 1800. The highest BCUT2D eigenvalue weighted by molar-refractivity contribution is 5.83. The van der Waals surface area contributed by atoms with Gasteiger partial charge in [0.15, 0.2) is 5.82 Å². The van der Waals surface area contributed by atoms with Crippen LogP contribution in [0.15, 0.2) is 121 Å². The molecule has 7 heteroatoms. The molecule has 6 aromatic rings. The average Bonchev–Trinajstić information content (AvgIpc) is 3.63. The van der Waals surface area contributed by atoms with Crippen LogP contribution in [0.25, 0.3) is 10.9 Å². The van der Waals surface area contributed by atoms with Crippen molar-refractivity contribution in [2.45, 2.75) is 57.7 Å². The number of carbonyl (C=O) groups excluding carboxylic acids is 1. The SMILES string of the molecule is CC(C)(C)OC(=O)N[C@H](Cc1c[nH]c2ccccc12)c1nnc(Cc2ccccc2)n1CC(c1ccccc1)c1ccccc1. The molecule has 2 aromatic heterocycles. The summed E-state index contributed by atoms with van der Waals surface area (Å²) in [7, 11) is 0. The quantitative estimate of drug-likeness (QED) is 0.168. The maximum Gasteiger partial charge on any atom is 0.408 e. The number of para-hydroxylation sites is 1. The first kappa shape index (κ1) is 29.9. The lowest BCUT2D eigenvalue weighted by Crippen LogP contribution is -2.37.